The molecule has 2 heteroatoms. The fourth-order valence-corrected chi connectivity index (χ4v) is 2.37. The van der Waals surface area contributed by atoms with Gasteiger partial charge in [-0.15, -0.1) is 5.54 Å². The van der Waals surface area contributed by atoms with Gasteiger partial charge in [0.1, 0.15) is 8.07 Å². The van der Waals surface area contributed by atoms with Crippen LogP contribution in [0.4, 0.5) is 5.69 Å². The zero-order valence-electron chi connectivity index (χ0n) is 12.4. The quantitative estimate of drug-likeness (QED) is 0.554. The summed E-state index contributed by atoms with van der Waals surface area (Å²) < 4.78 is 0. The fraction of sp³-hybridized carbons (Fsp3) is 0.294. The first-order valence-corrected chi connectivity index (χ1v) is 10.1. The Morgan fingerprint density at radius 1 is 0.895 bits per heavy atom. The molecule has 0 aliphatic carbocycles. The molecular formula is C17H21NSi. The predicted molar refractivity (Wildman–Crippen MR) is 88.5 cm³/mol. The summed E-state index contributed by atoms with van der Waals surface area (Å²) in [5.41, 5.74) is 5.76. The zero-order valence-corrected chi connectivity index (χ0v) is 13.4. The minimum absolute atomic E-state index is 1.12. The number of hydrogen-bond donors (Lipinski definition) is 0. The van der Waals surface area contributed by atoms with Crippen molar-refractivity contribution >= 4 is 24.5 Å². The van der Waals surface area contributed by atoms with E-state index in [9.17, 15) is 0 Å². The van der Waals surface area contributed by atoms with E-state index >= 15 is 0 Å². The Bertz CT molecular complexity index is 654. The minimum Gasteiger partial charge on any atom is -0.378 e. The molecule has 0 aliphatic rings. The Morgan fingerprint density at radius 2 is 1.53 bits per heavy atom. The van der Waals surface area contributed by atoms with Crippen molar-refractivity contribution in [2.75, 3.05) is 19.0 Å². The number of nitrogens with zero attached hydrogens (tertiary/aromatic N) is 1. The molecule has 0 aromatic heterocycles. The lowest BCUT2D eigenvalue weighted by Gasteiger charge is -2.13. The van der Waals surface area contributed by atoms with Gasteiger partial charge in [0.15, 0.2) is 0 Å². The summed E-state index contributed by atoms with van der Waals surface area (Å²) in [7, 11) is 2.83. The van der Waals surface area contributed by atoms with Crippen molar-refractivity contribution in [2.24, 2.45) is 0 Å². The minimum atomic E-state index is -1.30. The number of benzene rings is 2. The molecular weight excluding hydrogens is 246 g/mol. The van der Waals surface area contributed by atoms with E-state index in [4.69, 9.17) is 0 Å². The molecule has 0 atom stereocenters. The van der Waals surface area contributed by atoms with Gasteiger partial charge in [-0.25, -0.2) is 0 Å². The molecule has 0 amide bonds. The van der Waals surface area contributed by atoms with Gasteiger partial charge in [-0.2, -0.15) is 0 Å². The summed E-state index contributed by atoms with van der Waals surface area (Å²) in [5, 5.41) is 2.53. The van der Waals surface area contributed by atoms with Gasteiger partial charge in [0, 0.05) is 25.3 Å². The van der Waals surface area contributed by atoms with Crippen LogP contribution in [0.3, 0.4) is 0 Å². The number of hydrogen-bond acceptors (Lipinski definition) is 1. The fourth-order valence-electron chi connectivity index (χ4n) is 1.85. The van der Waals surface area contributed by atoms with Gasteiger partial charge in [-0.1, -0.05) is 37.7 Å². The van der Waals surface area contributed by atoms with Gasteiger partial charge in [0.25, 0.3) is 0 Å². The van der Waals surface area contributed by atoms with Crippen LogP contribution in [0.2, 0.25) is 19.6 Å². The van der Waals surface area contributed by atoms with Crippen molar-refractivity contribution in [1.82, 2.24) is 0 Å². The van der Waals surface area contributed by atoms with Gasteiger partial charge >= 0.3 is 0 Å². The van der Waals surface area contributed by atoms with Crippen LogP contribution in [-0.2, 0) is 0 Å². The van der Waals surface area contributed by atoms with Crippen molar-refractivity contribution < 1.29 is 0 Å². The summed E-state index contributed by atoms with van der Waals surface area (Å²) in [6.07, 6.45) is 0. The summed E-state index contributed by atoms with van der Waals surface area (Å²) in [6.45, 7) is 6.80. The van der Waals surface area contributed by atoms with Crippen molar-refractivity contribution in [3.8, 4) is 11.5 Å². The molecule has 0 heterocycles. The molecule has 2 aromatic rings. The van der Waals surface area contributed by atoms with Crippen LogP contribution in [0.15, 0.2) is 36.4 Å². The largest absolute Gasteiger partial charge is 0.378 e. The molecule has 0 fully saturated rings. The van der Waals surface area contributed by atoms with E-state index in [1.54, 1.807) is 0 Å². The maximum absolute atomic E-state index is 3.41. The van der Waals surface area contributed by atoms with Gasteiger partial charge in [-0.05, 0) is 35.0 Å². The zero-order chi connectivity index (χ0) is 14.0. The molecule has 2 rings (SSSR count). The molecule has 0 aliphatic heterocycles. The van der Waals surface area contributed by atoms with Crippen LogP contribution in [0.25, 0.3) is 10.8 Å². The normalized spacial score (nSPS) is 11.0. The van der Waals surface area contributed by atoms with Crippen molar-refractivity contribution in [2.45, 2.75) is 19.6 Å². The predicted octanol–water partition coefficient (Wildman–Crippen LogP) is 4.13. The van der Waals surface area contributed by atoms with E-state index < -0.39 is 8.07 Å². The second-order valence-electron chi connectivity index (χ2n) is 6.14. The lowest BCUT2D eigenvalue weighted by molar-refractivity contribution is 1.14. The third-order valence-corrected chi connectivity index (χ3v) is 3.80. The van der Waals surface area contributed by atoms with Crippen LogP contribution in [-0.4, -0.2) is 22.2 Å². The lowest BCUT2D eigenvalue weighted by Crippen LogP contribution is -2.16. The third kappa shape index (κ3) is 3.62. The molecule has 0 unspecified atom stereocenters. The molecule has 1 nitrogen and oxygen atoms in total. The Balaban J connectivity index is 2.41. The average molecular weight is 267 g/mol. The molecule has 0 radical (unpaired) electrons. The van der Waals surface area contributed by atoms with Crippen LogP contribution in [0, 0.1) is 11.5 Å². The first kappa shape index (κ1) is 13.7. The topological polar surface area (TPSA) is 3.24 Å². The van der Waals surface area contributed by atoms with E-state index in [2.05, 4.69) is 86.5 Å². The van der Waals surface area contributed by atoms with Crippen molar-refractivity contribution in [3.05, 3.63) is 42.0 Å². The monoisotopic (exact) mass is 267 g/mol. The second-order valence-corrected chi connectivity index (χ2v) is 10.9. The summed E-state index contributed by atoms with van der Waals surface area (Å²) >= 11 is 0. The Morgan fingerprint density at radius 3 is 2.16 bits per heavy atom. The highest BCUT2D eigenvalue weighted by Crippen LogP contribution is 2.21. The lowest BCUT2D eigenvalue weighted by atomic mass is 10.1. The van der Waals surface area contributed by atoms with E-state index in [1.807, 2.05) is 0 Å². The molecule has 0 saturated heterocycles. The summed E-state index contributed by atoms with van der Waals surface area (Å²) in [6, 6.07) is 13.0. The van der Waals surface area contributed by atoms with Crippen LogP contribution in [0.5, 0.6) is 0 Å². The Labute approximate surface area is 117 Å². The molecule has 98 valence electrons. The standard InChI is InChI=1S/C17H21NSi/c1-18(2)17-9-8-15-12-14(6-7-16(15)13-17)10-11-19(3,4)5/h6-9,12-13H,1-5H3. The maximum atomic E-state index is 3.41. The van der Waals surface area contributed by atoms with Crippen LogP contribution < -0.4 is 4.90 Å². The second kappa shape index (κ2) is 5.11. The summed E-state index contributed by atoms with van der Waals surface area (Å²) in [4.78, 5) is 2.12. The molecule has 2 aromatic carbocycles. The maximum Gasteiger partial charge on any atom is 0.129 e. The number of fused-ring (bicyclic) bond motifs is 1. The van der Waals surface area contributed by atoms with Gasteiger partial charge in [0.05, 0.1) is 0 Å². The summed E-state index contributed by atoms with van der Waals surface area (Å²) in [5.74, 6) is 3.32. The van der Waals surface area contributed by atoms with E-state index in [-0.39, 0.29) is 0 Å². The third-order valence-electron chi connectivity index (χ3n) is 2.92. The van der Waals surface area contributed by atoms with E-state index in [1.165, 1.54) is 16.5 Å². The molecule has 0 bridgehead atoms. The first-order valence-electron chi connectivity index (χ1n) is 6.59. The number of anilines is 1. The van der Waals surface area contributed by atoms with Crippen molar-refractivity contribution in [1.29, 1.82) is 0 Å². The molecule has 0 saturated carbocycles. The van der Waals surface area contributed by atoms with E-state index in [0.29, 0.717) is 0 Å². The van der Waals surface area contributed by atoms with Gasteiger partial charge in [-0.3, -0.25) is 0 Å². The number of rotatable bonds is 1. The Hall–Kier alpha value is -1.72. The highest BCUT2D eigenvalue weighted by atomic mass is 28.3. The van der Waals surface area contributed by atoms with Crippen LogP contribution >= 0.6 is 0 Å². The highest BCUT2D eigenvalue weighted by Gasteiger charge is 2.07. The van der Waals surface area contributed by atoms with Crippen LogP contribution in [0.1, 0.15) is 5.56 Å². The van der Waals surface area contributed by atoms with Gasteiger partial charge in [0.2, 0.25) is 0 Å². The molecule has 0 spiro atoms. The molecule has 19 heavy (non-hydrogen) atoms. The van der Waals surface area contributed by atoms with Gasteiger partial charge < -0.3 is 4.90 Å². The van der Waals surface area contributed by atoms with E-state index in [0.717, 1.165) is 5.56 Å². The Kier molecular flexibility index (Phi) is 3.68. The van der Waals surface area contributed by atoms with Crippen molar-refractivity contribution in [3.63, 3.8) is 0 Å². The highest BCUT2D eigenvalue weighted by molar-refractivity contribution is 6.83. The SMILES string of the molecule is CN(C)c1ccc2cc(C#C[Si](C)(C)C)ccc2c1. The first-order chi connectivity index (χ1) is 8.85. The smallest absolute Gasteiger partial charge is 0.129 e. The molecule has 0 N–H and O–H groups in total. The average Bonchev–Trinajstić information content (AvgIpc) is 2.34.